The van der Waals surface area contributed by atoms with Crippen LogP contribution in [0.15, 0.2) is 24.3 Å². The van der Waals surface area contributed by atoms with Crippen LogP contribution in [0.1, 0.15) is 51.8 Å². The molecule has 0 saturated heterocycles. The lowest BCUT2D eigenvalue weighted by atomic mass is 9.85. The van der Waals surface area contributed by atoms with Crippen LogP contribution in [0.2, 0.25) is 0 Å². The summed E-state index contributed by atoms with van der Waals surface area (Å²) in [5.74, 6) is 0. The molecular formula is C14H22O2. The van der Waals surface area contributed by atoms with Gasteiger partial charge in [0.25, 0.3) is 0 Å². The molecule has 0 fully saturated rings. The van der Waals surface area contributed by atoms with Gasteiger partial charge in [-0.1, -0.05) is 45.0 Å². The van der Waals surface area contributed by atoms with Crippen molar-refractivity contribution in [2.45, 2.75) is 51.7 Å². The maximum absolute atomic E-state index is 9.90. The predicted molar refractivity (Wildman–Crippen MR) is 66.4 cm³/mol. The van der Waals surface area contributed by atoms with E-state index >= 15 is 0 Å². The third-order valence-electron chi connectivity index (χ3n) is 2.76. The molecule has 2 heteroatoms. The predicted octanol–water partition coefficient (Wildman–Crippen LogP) is 2.79. The molecule has 0 bridgehead atoms. The third kappa shape index (κ3) is 3.06. The van der Waals surface area contributed by atoms with Crippen LogP contribution in [0.3, 0.4) is 0 Å². The summed E-state index contributed by atoms with van der Waals surface area (Å²) in [4.78, 5) is 0. The highest BCUT2D eigenvalue weighted by molar-refractivity contribution is 5.29. The minimum atomic E-state index is -1.11. The molecule has 0 aliphatic heterocycles. The molecule has 16 heavy (non-hydrogen) atoms. The number of hydrogen-bond donors (Lipinski definition) is 2. The van der Waals surface area contributed by atoms with Crippen molar-refractivity contribution in [1.29, 1.82) is 0 Å². The topological polar surface area (TPSA) is 40.5 Å². The van der Waals surface area contributed by atoms with Gasteiger partial charge in [0.15, 0.2) is 0 Å². The molecule has 0 aliphatic carbocycles. The Morgan fingerprint density at radius 1 is 0.938 bits per heavy atom. The summed E-state index contributed by atoms with van der Waals surface area (Å²) >= 11 is 0. The molecule has 90 valence electrons. The van der Waals surface area contributed by atoms with Crippen molar-refractivity contribution in [2.24, 2.45) is 0 Å². The second kappa shape index (κ2) is 4.19. The second-order valence-corrected chi connectivity index (χ2v) is 5.93. The largest absolute Gasteiger partial charge is 0.387 e. The van der Waals surface area contributed by atoms with Gasteiger partial charge in [-0.2, -0.15) is 0 Å². The molecular weight excluding hydrogens is 200 g/mol. The van der Waals surface area contributed by atoms with E-state index in [0.29, 0.717) is 0 Å². The number of hydrogen-bond acceptors (Lipinski definition) is 2. The Bertz CT molecular complexity index is 338. The second-order valence-electron chi connectivity index (χ2n) is 5.93. The van der Waals surface area contributed by atoms with Crippen LogP contribution in [0.25, 0.3) is 0 Å². The van der Waals surface area contributed by atoms with Crippen LogP contribution < -0.4 is 0 Å². The van der Waals surface area contributed by atoms with E-state index in [1.165, 1.54) is 5.56 Å². The van der Waals surface area contributed by atoms with Crippen LogP contribution >= 0.6 is 0 Å². The summed E-state index contributed by atoms with van der Waals surface area (Å²) in [6, 6.07) is 7.76. The average Bonchev–Trinajstić information content (AvgIpc) is 2.14. The monoisotopic (exact) mass is 222 g/mol. The normalized spacial score (nSPS) is 14.9. The van der Waals surface area contributed by atoms with Gasteiger partial charge < -0.3 is 10.2 Å². The van der Waals surface area contributed by atoms with Gasteiger partial charge in [-0.3, -0.25) is 0 Å². The first-order valence-corrected chi connectivity index (χ1v) is 5.63. The van der Waals surface area contributed by atoms with Crippen LogP contribution in [-0.4, -0.2) is 15.8 Å². The van der Waals surface area contributed by atoms with E-state index < -0.39 is 11.7 Å². The summed E-state index contributed by atoms with van der Waals surface area (Å²) in [7, 11) is 0. The van der Waals surface area contributed by atoms with Crippen LogP contribution in [0.4, 0.5) is 0 Å². The van der Waals surface area contributed by atoms with Gasteiger partial charge in [0, 0.05) is 0 Å². The fourth-order valence-corrected chi connectivity index (χ4v) is 1.57. The molecule has 1 atom stereocenters. The minimum Gasteiger partial charge on any atom is -0.387 e. The summed E-state index contributed by atoms with van der Waals surface area (Å²) < 4.78 is 0. The van der Waals surface area contributed by atoms with Crippen molar-refractivity contribution in [3.05, 3.63) is 35.4 Å². The molecule has 1 rings (SSSR count). The molecule has 0 radical (unpaired) electrons. The van der Waals surface area contributed by atoms with Gasteiger partial charge in [0.05, 0.1) is 5.60 Å². The molecule has 0 spiro atoms. The van der Waals surface area contributed by atoms with Crippen molar-refractivity contribution < 1.29 is 10.2 Å². The van der Waals surface area contributed by atoms with E-state index in [2.05, 4.69) is 20.8 Å². The van der Waals surface area contributed by atoms with E-state index in [-0.39, 0.29) is 5.41 Å². The fraction of sp³-hybridized carbons (Fsp3) is 0.571. The third-order valence-corrected chi connectivity index (χ3v) is 2.76. The zero-order valence-electron chi connectivity index (χ0n) is 10.8. The summed E-state index contributed by atoms with van der Waals surface area (Å²) in [6.45, 7) is 9.65. The van der Waals surface area contributed by atoms with E-state index in [0.717, 1.165) is 5.56 Å². The van der Waals surface area contributed by atoms with Gasteiger partial charge in [0.2, 0.25) is 0 Å². The van der Waals surface area contributed by atoms with Crippen LogP contribution in [0.5, 0.6) is 0 Å². The van der Waals surface area contributed by atoms with Gasteiger partial charge in [-0.15, -0.1) is 0 Å². The minimum absolute atomic E-state index is 0.109. The maximum Gasteiger partial charge on any atom is 0.107 e. The standard InChI is InChI=1S/C14H22O2/c1-13(2,3)11-8-6-10(7-9-11)12(15)14(4,5)16/h6-9,12,15-16H,1-5H3. The first-order chi connectivity index (χ1) is 7.12. The number of rotatable bonds is 2. The van der Waals surface area contributed by atoms with E-state index in [9.17, 15) is 10.2 Å². The van der Waals surface area contributed by atoms with E-state index in [1.54, 1.807) is 13.8 Å². The molecule has 1 aromatic rings. The highest BCUT2D eigenvalue weighted by Gasteiger charge is 2.26. The summed E-state index contributed by atoms with van der Waals surface area (Å²) in [6.07, 6.45) is -0.846. The number of aliphatic hydroxyl groups is 2. The number of benzene rings is 1. The maximum atomic E-state index is 9.90. The highest BCUT2D eigenvalue weighted by atomic mass is 16.3. The van der Waals surface area contributed by atoms with E-state index in [4.69, 9.17) is 0 Å². The van der Waals surface area contributed by atoms with Crippen LogP contribution in [0, 0.1) is 0 Å². The SMILES string of the molecule is CC(C)(C)c1ccc(C(O)C(C)(C)O)cc1. The van der Waals surface area contributed by atoms with Gasteiger partial charge >= 0.3 is 0 Å². The van der Waals surface area contributed by atoms with Crippen molar-refractivity contribution in [3.8, 4) is 0 Å². The molecule has 0 aliphatic rings. The molecule has 0 saturated carbocycles. The lowest BCUT2D eigenvalue weighted by molar-refractivity contribution is -0.0496. The molecule has 0 amide bonds. The Kier molecular flexibility index (Phi) is 3.46. The quantitative estimate of drug-likeness (QED) is 0.807. The van der Waals surface area contributed by atoms with Crippen molar-refractivity contribution in [1.82, 2.24) is 0 Å². The van der Waals surface area contributed by atoms with Crippen LogP contribution in [-0.2, 0) is 5.41 Å². The Morgan fingerprint density at radius 2 is 1.38 bits per heavy atom. The van der Waals surface area contributed by atoms with Gasteiger partial charge in [-0.25, -0.2) is 0 Å². The molecule has 0 heterocycles. The first-order valence-electron chi connectivity index (χ1n) is 5.63. The summed E-state index contributed by atoms with van der Waals surface area (Å²) in [5.41, 5.74) is 0.973. The Hall–Kier alpha value is -0.860. The number of aliphatic hydroxyl groups excluding tert-OH is 1. The highest BCUT2D eigenvalue weighted by Crippen LogP contribution is 2.28. The van der Waals surface area contributed by atoms with Crippen molar-refractivity contribution in [3.63, 3.8) is 0 Å². The Balaban J connectivity index is 2.96. The Labute approximate surface area is 97.9 Å². The zero-order chi connectivity index (χ0) is 12.6. The average molecular weight is 222 g/mol. The molecule has 1 aromatic carbocycles. The fourth-order valence-electron chi connectivity index (χ4n) is 1.57. The Morgan fingerprint density at radius 3 is 1.69 bits per heavy atom. The van der Waals surface area contributed by atoms with E-state index in [1.807, 2.05) is 24.3 Å². The molecule has 2 nitrogen and oxygen atoms in total. The first kappa shape index (κ1) is 13.2. The van der Waals surface area contributed by atoms with Crippen molar-refractivity contribution >= 4 is 0 Å². The summed E-state index contributed by atoms with van der Waals surface area (Å²) in [5, 5.41) is 19.6. The molecule has 1 unspecified atom stereocenters. The lowest BCUT2D eigenvalue weighted by Gasteiger charge is -2.26. The molecule has 0 aromatic heterocycles. The van der Waals surface area contributed by atoms with Crippen molar-refractivity contribution in [2.75, 3.05) is 0 Å². The van der Waals surface area contributed by atoms with Gasteiger partial charge in [-0.05, 0) is 30.4 Å². The zero-order valence-corrected chi connectivity index (χ0v) is 10.8. The lowest BCUT2D eigenvalue weighted by Crippen LogP contribution is -2.28. The molecule has 2 N–H and O–H groups in total. The smallest absolute Gasteiger partial charge is 0.107 e. The van der Waals surface area contributed by atoms with Gasteiger partial charge in [0.1, 0.15) is 6.10 Å².